The van der Waals surface area contributed by atoms with E-state index in [2.05, 4.69) is 18.4 Å². The van der Waals surface area contributed by atoms with Gasteiger partial charge < -0.3 is 9.84 Å². The molecule has 1 N–H and O–H groups in total. The minimum Gasteiger partial charge on any atom is -0.458 e. The third-order valence-electron chi connectivity index (χ3n) is 5.04. The highest BCUT2D eigenvalue weighted by atomic mass is 16.6. The van der Waals surface area contributed by atoms with Gasteiger partial charge >= 0.3 is 5.97 Å². The summed E-state index contributed by atoms with van der Waals surface area (Å²) in [5, 5.41) is 10.7. The van der Waals surface area contributed by atoms with Crippen LogP contribution in [0.3, 0.4) is 0 Å². The van der Waals surface area contributed by atoms with Gasteiger partial charge in [0.2, 0.25) is 0 Å². The molecule has 0 saturated carbocycles. The molecule has 0 aromatic rings. The molecular formula is C17H29NO3. The second kappa shape index (κ2) is 6.93. The Morgan fingerprint density at radius 3 is 2.52 bits per heavy atom. The summed E-state index contributed by atoms with van der Waals surface area (Å²) < 4.78 is 5.69. The summed E-state index contributed by atoms with van der Waals surface area (Å²) in [6.07, 6.45) is 5.42. The quantitative estimate of drug-likeness (QED) is 0.445. The predicted molar refractivity (Wildman–Crippen MR) is 82.9 cm³/mol. The van der Waals surface area contributed by atoms with E-state index in [0.717, 1.165) is 51.7 Å². The van der Waals surface area contributed by atoms with Crippen LogP contribution in [0.2, 0.25) is 0 Å². The Bertz CT molecular complexity index is 387. The van der Waals surface area contributed by atoms with E-state index < -0.39 is 11.6 Å². The third-order valence-corrected chi connectivity index (χ3v) is 5.04. The summed E-state index contributed by atoms with van der Waals surface area (Å²) >= 11 is 0. The van der Waals surface area contributed by atoms with Crippen molar-refractivity contribution in [3.05, 3.63) is 12.2 Å². The van der Waals surface area contributed by atoms with Crippen LogP contribution in [-0.4, -0.2) is 47.3 Å². The first kappa shape index (κ1) is 16.5. The fourth-order valence-corrected chi connectivity index (χ4v) is 3.40. The molecule has 2 bridgehead atoms. The maximum absolute atomic E-state index is 12.5. The molecule has 3 aliphatic heterocycles. The molecule has 3 aliphatic rings. The summed E-state index contributed by atoms with van der Waals surface area (Å²) in [5.41, 5.74) is -1.02. The highest BCUT2D eigenvalue weighted by molar-refractivity contribution is 5.83. The Morgan fingerprint density at radius 1 is 1.38 bits per heavy atom. The normalized spacial score (nSPS) is 30.7. The maximum atomic E-state index is 12.5. The molecule has 0 aliphatic carbocycles. The van der Waals surface area contributed by atoms with Crippen molar-refractivity contribution in [2.24, 2.45) is 5.92 Å². The van der Waals surface area contributed by atoms with Crippen LogP contribution in [0.5, 0.6) is 0 Å². The molecule has 3 rings (SSSR count). The van der Waals surface area contributed by atoms with Crippen LogP contribution in [0, 0.1) is 5.92 Å². The molecule has 120 valence electrons. The summed E-state index contributed by atoms with van der Waals surface area (Å²) in [7, 11) is 0. The van der Waals surface area contributed by atoms with E-state index >= 15 is 0 Å². The van der Waals surface area contributed by atoms with Gasteiger partial charge in [0, 0.05) is 6.54 Å². The Hall–Kier alpha value is -0.870. The molecule has 0 amide bonds. The van der Waals surface area contributed by atoms with Gasteiger partial charge in [-0.3, -0.25) is 4.90 Å². The SMILES string of the molecule is C=C(C)C(O)(CCCCC)C(=O)OC1CN2CCC1CC2. The highest BCUT2D eigenvalue weighted by Gasteiger charge is 2.43. The number of hydrogen-bond donors (Lipinski definition) is 1. The molecule has 2 unspecified atom stereocenters. The molecule has 0 aromatic carbocycles. The second-order valence-corrected chi connectivity index (χ2v) is 6.68. The van der Waals surface area contributed by atoms with Crippen molar-refractivity contribution in [2.45, 2.75) is 64.1 Å². The lowest BCUT2D eigenvalue weighted by atomic mass is 9.85. The zero-order valence-corrected chi connectivity index (χ0v) is 13.4. The minimum atomic E-state index is -1.51. The Labute approximate surface area is 128 Å². The van der Waals surface area contributed by atoms with Crippen molar-refractivity contribution in [3.8, 4) is 0 Å². The Balaban J connectivity index is 1.96. The molecule has 0 radical (unpaired) electrons. The third kappa shape index (κ3) is 3.67. The van der Waals surface area contributed by atoms with Crippen molar-refractivity contribution in [1.29, 1.82) is 0 Å². The molecule has 4 heteroatoms. The van der Waals surface area contributed by atoms with Gasteiger partial charge in [-0.1, -0.05) is 26.3 Å². The number of piperidine rings is 3. The molecule has 2 atom stereocenters. The van der Waals surface area contributed by atoms with Gasteiger partial charge in [-0.2, -0.15) is 0 Å². The van der Waals surface area contributed by atoms with Crippen LogP contribution in [0.1, 0.15) is 52.4 Å². The average molecular weight is 295 g/mol. The summed E-state index contributed by atoms with van der Waals surface area (Å²) in [4.78, 5) is 14.8. The van der Waals surface area contributed by atoms with Gasteiger partial charge in [-0.25, -0.2) is 4.79 Å². The number of hydrogen-bond acceptors (Lipinski definition) is 4. The Kier molecular flexibility index (Phi) is 5.44. The van der Waals surface area contributed by atoms with E-state index in [1.807, 2.05) is 0 Å². The topological polar surface area (TPSA) is 49.8 Å². The lowest BCUT2D eigenvalue weighted by Gasteiger charge is -2.44. The van der Waals surface area contributed by atoms with Crippen LogP contribution < -0.4 is 0 Å². The van der Waals surface area contributed by atoms with Crippen LogP contribution in [0.4, 0.5) is 0 Å². The first-order valence-corrected chi connectivity index (χ1v) is 8.29. The van der Waals surface area contributed by atoms with E-state index in [1.165, 1.54) is 0 Å². The number of esters is 1. The molecule has 0 spiro atoms. The number of unbranched alkanes of at least 4 members (excludes halogenated alkanes) is 2. The van der Waals surface area contributed by atoms with Crippen molar-refractivity contribution < 1.29 is 14.6 Å². The minimum absolute atomic E-state index is 0.0583. The number of carbonyl (C=O) groups is 1. The van der Waals surface area contributed by atoms with Crippen LogP contribution in [0.15, 0.2) is 12.2 Å². The van der Waals surface area contributed by atoms with Crippen molar-refractivity contribution in [2.75, 3.05) is 19.6 Å². The van der Waals surface area contributed by atoms with E-state index in [1.54, 1.807) is 6.92 Å². The van der Waals surface area contributed by atoms with Crippen LogP contribution >= 0.6 is 0 Å². The first-order valence-electron chi connectivity index (χ1n) is 8.29. The summed E-state index contributed by atoms with van der Waals surface area (Å²) in [6, 6.07) is 0. The first-order chi connectivity index (χ1) is 9.97. The van der Waals surface area contributed by atoms with Crippen LogP contribution in [-0.2, 0) is 9.53 Å². The molecule has 3 saturated heterocycles. The maximum Gasteiger partial charge on any atom is 0.342 e. The van der Waals surface area contributed by atoms with Crippen molar-refractivity contribution >= 4 is 5.97 Å². The standard InChI is InChI=1S/C17H29NO3/c1-4-5-6-9-17(20,13(2)3)16(19)21-15-12-18-10-7-14(15)8-11-18/h14-15,20H,2,4-12H2,1,3H3. The number of ether oxygens (including phenoxy) is 1. The largest absolute Gasteiger partial charge is 0.458 e. The molecule has 4 nitrogen and oxygen atoms in total. The van der Waals surface area contributed by atoms with Gasteiger partial charge in [-0.05, 0) is 57.2 Å². The lowest BCUT2D eigenvalue weighted by molar-refractivity contribution is -0.177. The average Bonchev–Trinajstić information content (AvgIpc) is 2.48. The zero-order chi connectivity index (χ0) is 15.5. The summed E-state index contributed by atoms with van der Waals surface area (Å²) in [6.45, 7) is 10.7. The molecule has 3 heterocycles. The smallest absolute Gasteiger partial charge is 0.342 e. The number of aliphatic hydroxyl groups is 1. The predicted octanol–water partition coefficient (Wildman–Crippen LogP) is 2.51. The van der Waals surface area contributed by atoms with Gasteiger partial charge in [0.15, 0.2) is 5.60 Å². The fourth-order valence-electron chi connectivity index (χ4n) is 3.40. The van der Waals surface area contributed by atoms with Crippen LogP contribution in [0.25, 0.3) is 0 Å². The number of fused-ring (bicyclic) bond motifs is 3. The van der Waals surface area contributed by atoms with Gasteiger partial charge in [-0.15, -0.1) is 0 Å². The number of rotatable bonds is 7. The van der Waals surface area contributed by atoms with Gasteiger partial charge in [0.1, 0.15) is 6.10 Å². The van der Waals surface area contributed by atoms with Gasteiger partial charge in [0.05, 0.1) is 0 Å². The lowest BCUT2D eigenvalue weighted by Crippen LogP contribution is -2.54. The van der Waals surface area contributed by atoms with Crippen molar-refractivity contribution in [3.63, 3.8) is 0 Å². The number of nitrogens with zero attached hydrogens (tertiary/aromatic N) is 1. The zero-order valence-electron chi connectivity index (χ0n) is 13.4. The Morgan fingerprint density at radius 2 is 2.05 bits per heavy atom. The number of carbonyl (C=O) groups excluding carboxylic acids is 1. The van der Waals surface area contributed by atoms with Crippen molar-refractivity contribution in [1.82, 2.24) is 4.90 Å². The summed E-state index contributed by atoms with van der Waals surface area (Å²) in [5.74, 6) is -0.0335. The fraction of sp³-hybridized carbons (Fsp3) is 0.824. The molecular weight excluding hydrogens is 266 g/mol. The van der Waals surface area contributed by atoms with E-state index in [-0.39, 0.29) is 6.10 Å². The van der Waals surface area contributed by atoms with E-state index in [9.17, 15) is 9.90 Å². The monoisotopic (exact) mass is 295 g/mol. The molecule has 0 aromatic heterocycles. The van der Waals surface area contributed by atoms with Gasteiger partial charge in [0.25, 0.3) is 0 Å². The highest BCUT2D eigenvalue weighted by Crippen LogP contribution is 2.32. The second-order valence-electron chi connectivity index (χ2n) is 6.68. The van der Waals surface area contributed by atoms with E-state index in [0.29, 0.717) is 17.9 Å². The molecule has 21 heavy (non-hydrogen) atoms. The molecule has 3 fully saturated rings. The van der Waals surface area contributed by atoms with E-state index in [4.69, 9.17) is 4.74 Å².